The third-order valence-electron chi connectivity index (χ3n) is 4.48. The summed E-state index contributed by atoms with van der Waals surface area (Å²) in [7, 11) is 1.40. The van der Waals surface area contributed by atoms with Gasteiger partial charge in [-0.25, -0.2) is 14.8 Å². The number of carbonyl (C=O) groups is 1. The van der Waals surface area contributed by atoms with Crippen LogP contribution >= 0.6 is 22.7 Å². The number of carbonyl (C=O) groups excluding carboxylic acids is 1. The number of hydrogen-bond acceptors (Lipinski definition) is 8. The van der Waals surface area contributed by atoms with Gasteiger partial charge in [0.15, 0.2) is 0 Å². The van der Waals surface area contributed by atoms with Crippen molar-refractivity contribution in [3.05, 3.63) is 38.7 Å². The lowest BCUT2D eigenvalue weighted by Gasteiger charge is -2.33. The summed E-state index contributed by atoms with van der Waals surface area (Å²) in [6, 6.07) is 4.14. The molecule has 0 spiro atoms. The van der Waals surface area contributed by atoms with Crippen molar-refractivity contribution >= 4 is 44.7 Å². The zero-order valence-electron chi connectivity index (χ0n) is 14.8. The third kappa shape index (κ3) is 2.98. The van der Waals surface area contributed by atoms with Gasteiger partial charge in [-0.05, 0) is 30.9 Å². The first-order valence-electron chi connectivity index (χ1n) is 8.34. The molecule has 3 aromatic rings. The van der Waals surface area contributed by atoms with E-state index in [2.05, 4.69) is 21.3 Å². The zero-order chi connectivity index (χ0) is 18.3. The van der Waals surface area contributed by atoms with Gasteiger partial charge in [0, 0.05) is 11.4 Å². The summed E-state index contributed by atoms with van der Waals surface area (Å²) in [6.45, 7) is 5.95. The predicted octanol–water partition coefficient (Wildman–Crippen LogP) is 3.73. The highest BCUT2D eigenvalue weighted by molar-refractivity contribution is 7.20. The minimum Gasteiger partial charge on any atom is -0.465 e. The van der Waals surface area contributed by atoms with Crippen molar-refractivity contribution in [2.75, 3.05) is 31.7 Å². The molecule has 1 saturated heterocycles. The second kappa shape index (κ2) is 6.94. The summed E-state index contributed by atoms with van der Waals surface area (Å²) in [5.41, 5.74) is 0.881. The highest BCUT2D eigenvalue weighted by Crippen LogP contribution is 2.37. The molecular formula is C18H19N3O3S2. The number of fused-ring (bicyclic) bond motifs is 1. The Kier molecular flexibility index (Phi) is 4.64. The summed E-state index contributed by atoms with van der Waals surface area (Å²) in [6.07, 6.45) is 0.0353. The van der Waals surface area contributed by atoms with Crippen LogP contribution in [0.4, 0.5) is 5.82 Å². The van der Waals surface area contributed by atoms with Crippen LogP contribution in [0.3, 0.4) is 0 Å². The second-order valence-electron chi connectivity index (χ2n) is 6.14. The lowest BCUT2D eigenvalue weighted by Crippen LogP contribution is -2.38. The quantitative estimate of drug-likeness (QED) is 0.636. The molecule has 0 bridgehead atoms. The van der Waals surface area contributed by atoms with Crippen molar-refractivity contribution in [3.8, 4) is 0 Å². The molecule has 0 radical (unpaired) electrons. The number of hydrogen-bond donors (Lipinski definition) is 0. The zero-order valence-corrected chi connectivity index (χ0v) is 16.4. The first-order chi connectivity index (χ1) is 12.6. The molecule has 1 aliphatic rings. The van der Waals surface area contributed by atoms with Crippen LogP contribution < -0.4 is 4.90 Å². The maximum absolute atomic E-state index is 12.1. The van der Waals surface area contributed by atoms with E-state index in [-0.39, 0.29) is 12.1 Å². The van der Waals surface area contributed by atoms with Gasteiger partial charge in [-0.3, -0.25) is 0 Å². The maximum Gasteiger partial charge on any atom is 0.348 e. The first-order valence-corrected chi connectivity index (χ1v) is 10.0. The van der Waals surface area contributed by atoms with Crippen molar-refractivity contribution in [2.45, 2.75) is 20.0 Å². The lowest BCUT2D eigenvalue weighted by atomic mass is 10.1. The van der Waals surface area contributed by atoms with E-state index in [0.29, 0.717) is 17.3 Å². The fraction of sp³-hybridized carbons (Fsp3) is 0.389. The maximum atomic E-state index is 12.1. The van der Waals surface area contributed by atoms with Gasteiger partial charge in [0.2, 0.25) is 0 Å². The van der Waals surface area contributed by atoms with Gasteiger partial charge in [0.05, 0.1) is 25.6 Å². The van der Waals surface area contributed by atoms with Gasteiger partial charge < -0.3 is 14.4 Å². The number of nitrogens with zero attached hydrogens (tertiary/aromatic N) is 3. The Morgan fingerprint density at radius 1 is 1.38 bits per heavy atom. The summed E-state index contributed by atoms with van der Waals surface area (Å²) in [5, 5.41) is 3.00. The minimum atomic E-state index is -0.326. The summed E-state index contributed by atoms with van der Waals surface area (Å²) >= 11 is 3.07. The molecule has 1 atom stereocenters. The van der Waals surface area contributed by atoms with Crippen molar-refractivity contribution in [2.24, 2.45) is 0 Å². The minimum absolute atomic E-state index is 0.0353. The van der Waals surface area contributed by atoms with Crippen LogP contribution in [0.25, 0.3) is 10.2 Å². The number of methoxy groups -OCH3 is 1. The van der Waals surface area contributed by atoms with Crippen LogP contribution in [0, 0.1) is 13.8 Å². The molecule has 8 heteroatoms. The fourth-order valence-corrected chi connectivity index (χ4v) is 5.13. The predicted molar refractivity (Wildman–Crippen MR) is 103 cm³/mol. The van der Waals surface area contributed by atoms with Crippen molar-refractivity contribution in [3.63, 3.8) is 0 Å². The summed E-state index contributed by atoms with van der Waals surface area (Å²) in [4.78, 5) is 26.2. The highest BCUT2D eigenvalue weighted by atomic mass is 32.1. The van der Waals surface area contributed by atoms with E-state index < -0.39 is 0 Å². The molecule has 136 valence electrons. The van der Waals surface area contributed by atoms with Crippen LogP contribution in [0.1, 0.15) is 32.0 Å². The highest BCUT2D eigenvalue weighted by Gasteiger charge is 2.28. The molecule has 3 aromatic heterocycles. The van der Waals surface area contributed by atoms with Crippen LogP contribution in [-0.4, -0.2) is 42.7 Å². The molecule has 0 aromatic carbocycles. The van der Waals surface area contributed by atoms with Gasteiger partial charge in [-0.15, -0.1) is 22.7 Å². The van der Waals surface area contributed by atoms with Crippen LogP contribution in [0.15, 0.2) is 17.5 Å². The Hall–Kier alpha value is -2.03. The van der Waals surface area contributed by atoms with E-state index in [1.807, 2.05) is 19.9 Å². The van der Waals surface area contributed by atoms with Gasteiger partial charge in [-0.1, -0.05) is 6.07 Å². The number of aryl methyl sites for hydroxylation is 2. The molecular weight excluding hydrogens is 370 g/mol. The normalized spacial score (nSPS) is 17.7. The van der Waals surface area contributed by atoms with E-state index in [1.165, 1.54) is 23.3 Å². The van der Waals surface area contributed by atoms with E-state index in [0.717, 1.165) is 34.7 Å². The Morgan fingerprint density at radius 3 is 2.96 bits per heavy atom. The van der Waals surface area contributed by atoms with Crippen LogP contribution in [-0.2, 0) is 9.47 Å². The molecule has 1 aliphatic heterocycles. The van der Waals surface area contributed by atoms with Crippen molar-refractivity contribution in [1.82, 2.24) is 9.97 Å². The Balaban J connectivity index is 1.78. The third-order valence-corrected chi connectivity index (χ3v) is 6.61. The molecule has 0 aliphatic carbocycles. The number of rotatable bonds is 3. The average molecular weight is 390 g/mol. The Bertz CT molecular complexity index is 952. The lowest BCUT2D eigenvalue weighted by molar-refractivity contribution is 0.0419. The number of aromatic nitrogens is 2. The molecule has 4 heterocycles. The number of thiophene rings is 2. The van der Waals surface area contributed by atoms with E-state index in [1.54, 1.807) is 11.3 Å². The Morgan fingerprint density at radius 2 is 2.23 bits per heavy atom. The average Bonchev–Trinajstić information content (AvgIpc) is 3.29. The smallest absolute Gasteiger partial charge is 0.348 e. The van der Waals surface area contributed by atoms with Gasteiger partial charge in [0.25, 0.3) is 0 Å². The van der Waals surface area contributed by atoms with E-state index in [9.17, 15) is 4.79 Å². The van der Waals surface area contributed by atoms with E-state index >= 15 is 0 Å². The molecule has 0 amide bonds. The molecule has 4 rings (SSSR count). The monoisotopic (exact) mass is 389 g/mol. The Labute approximate surface area is 159 Å². The molecule has 0 saturated carbocycles. The number of morpholine rings is 1. The summed E-state index contributed by atoms with van der Waals surface area (Å²) in [5.74, 6) is 1.25. The number of esters is 1. The first kappa shape index (κ1) is 17.4. The molecule has 26 heavy (non-hydrogen) atoms. The number of ether oxygens (including phenoxy) is 2. The standard InChI is InChI=1S/C18H19N3O3S2/c1-10-14-16(19-11(2)20-17(14)26-15(10)18(22)23-3)21-6-7-24-12(9-21)13-5-4-8-25-13/h4-5,8,12H,6-7,9H2,1-3H3. The molecule has 6 nitrogen and oxygen atoms in total. The van der Waals surface area contributed by atoms with Crippen molar-refractivity contribution in [1.29, 1.82) is 0 Å². The van der Waals surface area contributed by atoms with Crippen molar-refractivity contribution < 1.29 is 14.3 Å². The fourth-order valence-electron chi connectivity index (χ4n) is 3.23. The topological polar surface area (TPSA) is 64.5 Å². The van der Waals surface area contributed by atoms with Gasteiger partial charge in [0.1, 0.15) is 27.5 Å². The summed E-state index contributed by atoms with van der Waals surface area (Å²) < 4.78 is 10.9. The SMILES string of the molecule is COC(=O)c1sc2nc(C)nc(N3CCOC(c4cccs4)C3)c2c1C. The van der Waals surface area contributed by atoms with Gasteiger partial charge in [-0.2, -0.15) is 0 Å². The van der Waals surface area contributed by atoms with Gasteiger partial charge >= 0.3 is 5.97 Å². The van der Waals surface area contributed by atoms with E-state index in [4.69, 9.17) is 14.5 Å². The number of anilines is 1. The van der Waals surface area contributed by atoms with Crippen LogP contribution in [0.2, 0.25) is 0 Å². The van der Waals surface area contributed by atoms with Crippen LogP contribution in [0.5, 0.6) is 0 Å². The molecule has 1 unspecified atom stereocenters. The second-order valence-corrected chi connectivity index (χ2v) is 8.12. The largest absolute Gasteiger partial charge is 0.465 e. The molecule has 0 N–H and O–H groups in total. The molecule has 1 fully saturated rings.